The lowest BCUT2D eigenvalue weighted by molar-refractivity contribution is 0.0969. The quantitative estimate of drug-likeness (QED) is 0.812. The van der Waals surface area contributed by atoms with E-state index in [4.69, 9.17) is 4.74 Å². The summed E-state index contributed by atoms with van der Waals surface area (Å²) in [6.45, 7) is 0. The van der Waals surface area contributed by atoms with Crippen molar-refractivity contribution in [2.75, 3.05) is 7.11 Å². The number of hydrogen-bond acceptors (Lipinski definition) is 2. The van der Waals surface area contributed by atoms with Crippen LogP contribution in [0.4, 0.5) is 0 Å². The third kappa shape index (κ3) is 2.14. The number of carbonyl (C=O) groups excluding carboxylic acids is 1. The average Bonchev–Trinajstić information content (AvgIpc) is 2.48. The molecule has 0 amide bonds. The molecule has 1 aliphatic rings. The number of ketones is 1. The van der Waals surface area contributed by atoms with E-state index in [2.05, 4.69) is 18.2 Å². The fourth-order valence-electron chi connectivity index (χ4n) is 2.80. The molecule has 96 valence electrons. The molecule has 2 aromatic carbocycles. The molecule has 0 radical (unpaired) electrons. The molecule has 1 aliphatic carbocycles. The van der Waals surface area contributed by atoms with Crippen molar-refractivity contribution in [1.29, 1.82) is 0 Å². The third-order valence-electron chi connectivity index (χ3n) is 3.81. The third-order valence-corrected chi connectivity index (χ3v) is 3.81. The Labute approximate surface area is 113 Å². The lowest BCUT2D eigenvalue weighted by Crippen LogP contribution is -2.16. The summed E-state index contributed by atoms with van der Waals surface area (Å²) in [7, 11) is 1.67. The Bertz CT molecular complexity index is 599. The number of benzene rings is 2. The molecule has 0 heterocycles. The highest BCUT2D eigenvalue weighted by Gasteiger charge is 2.26. The molecule has 2 nitrogen and oxygen atoms in total. The van der Waals surface area contributed by atoms with E-state index in [-0.39, 0.29) is 5.78 Å². The highest BCUT2D eigenvalue weighted by Crippen LogP contribution is 2.36. The summed E-state index contributed by atoms with van der Waals surface area (Å²) in [4.78, 5) is 11.9. The van der Waals surface area contributed by atoms with Crippen LogP contribution in [0, 0.1) is 0 Å². The fraction of sp³-hybridized carbons (Fsp3) is 0.235. The number of carbonyl (C=O) groups is 1. The van der Waals surface area contributed by atoms with Gasteiger partial charge >= 0.3 is 0 Å². The normalized spacial score (nSPS) is 17.9. The molecule has 0 saturated heterocycles. The molecule has 0 N–H and O–H groups in total. The summed E-state index contributed by atoms with van der Waals surface area (Å²) in [6.07, 6.45) is 1.52. The Morgan fingerprint density at radius 2 is 1.79 bits per heavy atom. The van der Waals surface area contributed by atoms with Gasteiger partial charge in [-0.15, -0.1) is 0 Å². The molecule has 0 saturated carbocycles. The van der Waals surface area contributed by atoms with Gasteiger partial charge in [-0.2, -0.15) is 0 Å². The van der Waals surface area contributed by atoms with Gasteiger partial charge in [0.1, 0.15) is 5.75 Å². The lowest BCUT2D eigenvalue weighted by atomic mass is 9.78. The van der Waals surface area contributed by atoms with Crippen molar-refractivity contribution in [3.63, 3.8) is 0 Å². The zero-order valence-corrected chi connectivity index (χ0v) is 10.9. The molecule has 0 unspecified atom stereocenters. The summed E-state index contributed by atoms with van der Waals surface area (Å²) < 4.78 is 5.19. The molecule has 2 aromatic rings. The summed E-state index contributed by atoms with van der Waals surface area (Å²) in [6, 6.07) is 16.1. The highest BCUT2D eigenvalue weighted by atomic mass is 16.5. The van der Waals surface area contributed by atoms with Crippen LogP contribution < -0.4 is 4.74 Å². The monoisotopic (exact) mass is 252 g/mol. The Balaban J connectivity index is 2.01. The zero-order chi connectivity index (χ0) is 13.2. The van der Waals surface area contributed by atoms with Gasteiger partial charge in [-0.3, -0.25) is 4.79 Å². The first-order chi connectivity index (χ1) is 9.29. The summed E-state index contributed by atoms with van der Waals surface area (Å²) in [5.74, 6) is 1.45. The number of hydrogen-bond donors (Lipinski definition) is 0. The van der Waals surface area contributed by atoms with E-state index < -0.39 is 0 Å². The van der Waals surface area contributed by atoms with Gasteiger partial charge in [-0.05, 0) is 29.7 Å². The van der Waals surface area contributed by atoms with Gasteiger partial charge in [-0.25, -0.2) is 0 Å². The number of Topliss-reactive ketones (excluding diaryl/α,β-unsaturated/α-hetero) is 1. The van der Waals surface area contributed by atoms with Gasteiger partial charge in [0.25, 0.3) is 0 Å². The van der Waals surface area contributed by atoms with Crippen LogP contribution in [0.2, 0.25) is 0 Å². The fourth-order valence-corrected chi connectivity index (χ4v) is 2.80. The zero-order valence-electron chi connectivity index (χ0n) is 10.9. The maximum atomic E-state index is 11.9. The predicted octanol–water partition coefficient (Wildman–Crippen LogP) is 3.80. The molecule has 0 aromatic heterocycles. The van der Waals surface area contributed by atoms with Crippen molar-refractivity contribution in [2.24, 2.45) is 0 Å². The average molecular weight is 252 g/mol. The first-order valence-electron chi connectivity index (χ1n) is 6.55. The van der Waals surface area contributed by atoms with E-state index in [0.29, 0.717) is 12.3 Å². The number of fused-ring (bicyclic) bond motifs is 1. The van der Waals surface area contributed by atoms with Gasteiger partial charge in [0.15, 0.2) is 5.78 Å². The van der Waals surface area contributed by atoms with Gasteiger partial charge < -0.3 is 4.74 Å². The van der Waals surface area contributed by atoms with Crippen LogP contribution in [0.3, 0.4) is 0 Å². The molecule has 0 fully saturated rings. The molecule has 2 heteroatoms. The number of ether oxygens (including phenoxy) is 1. The van der Waals surface area contributed by atoms with E-state index in [1.54, 1.807) is 7.11 Å². The Morgan fingerprint density at radius 1 is 1.05 bits per heavy atom. The van der Waals surface area contributed by atoms with Crippen LogP contribution in [-0.4, -0.2) is 12.9 Å². The van der Waals surface area contributed by atoms with Gasteiger partial charge in [0.05, 0.1) is 7.11 Å². The van der Waals surface area contributed by atoms with Gasteiger partial charge in [-0.1, -0.05) is 36.4 Å². The van der Waals surface area contributed by atoms with Crippen LogP contribution in [0.15, 0.2) is 48.5 Å². The van der Waals surface area contributed by atoms with Crippen molar-refractivity contribution >= 4 is 5.78 Å². The van der Waals surface area contributed by atoms with E-state index in [9.17, 15) is 4.79 Å². The summed E-state index contributed by atoms with van der Waals surface area (Å²) >= 11 is 0. The topological polar surface area (TPSA) is 26.3 Å². The SMILES string of the molecule is COc1ccc([C@@H]2CCC(=O)c3ccccc32)cc1. The van der Waals surface area contributed by atoms with Crippen molar-refractivity contribution in [3.8, 4) is 5.75 Å². The highest BCUT2D eigenvalue weighted by molar-refractivity contribution is 5.99. The number of methoxy groups -OCH3 is 1. The molecular formula is C17H16O2. The minimum atomic E-state index is 0.264. The van der Waals surface area contributed by atoms with Crippen LogP contribution in [-0.2, 0) is 0 Å². The number of rotatable bonds is 2. The van der Waals surface area contributed by atoms with E-state index in [1.165, 1.54) is 5.56 Å². The minimum Gasteiger partial charge on any atom is -0.497 e. The van der Waals surface area contributed by atoms with Gasteiger partial charge in [0, 0.05) is 17.9 Å². The van der Waals surface area contributed by atoms with Crippen LogP contribution in [0.25, 0.3) is 0 Å². The second-order valence-electron chi connectivity index (χ2n) is 4.87. The first-order valence-corrected chi connectivity index (χ1v) is 6.55. The maximum absolute atomic E-state index is 11.9. The van der Waals surface area contributed by atoms with Crippen LogP contribution in [0.1, 0.15) is 40.2 Å². The van der Waals surface area contributed by atoms with Gasteiger partial charge in [0.2, 0.25) is 0 Å². The second kappa shape index (κ2) is 4.88. The molecule has 19 heavy (non-hydrogen) atoms. The van der Waals surface area contributed by atoms with E-state index in [0.717, 1.165) is 23.3 Å². The smallest absolute Gasteiger partial charge is 0.163 e. The van der Waals surface area contributed by atoms with E-state index in [1.807, 2.05) is 30.3 Å². The second-order valence-corrected chi connectivity index (χ2v) is 4.87. The molecular weight excluding hydrogens is 236 g/mol. The molecule has 1 atom stereocenters. The van der Waals surface area contributed by atoms with Crippen molar-refractivity contribution < 1.29 is 9.53 Å². The molecule has 0 aliphatic heterocycles. The van der Waals surface area contributed by atoms with Crippen LogP contribution in [0.5, 0.6) is 5.75 Å². The molecule has 3 rings (SSSR count). The first kappa shape index (κ1) is 12.0. The largest absolute Gasteiger partial charge is 0.497 e. The molecule has 0 spiro atoms. The Hall–Kier alpha value is -2.09. The Kier molecular flexibility index (Phi) is 3.08. The summed E-state index contributed by atoms with van der Waals surface area (Å²) in [5.41, 5.74) is 3.29. The predicted molar refractivity (Wildman–Crippen MR) is 74.8 cm³/mol. The molecule has 0 bridgehead atoms. The van der Waals surface area contributed by atoms with Crippen molar-refractivity contribution in [1.82, 2.24) is 0 Å². The summed E-state index contributed by atoms with van der Waals surface area (Å²) in [5, 5.41) is 0. The van der Waals surface area contributed by atoms with Crippen molar-refractivity contribution in [3.05, 3.63) is 65.2 Å². The standard InChI is InChI=1S/C17H16O2/c1-19-13-8-6-12(7-9-13)14-10-11-17(18)16-5-3-2-4-15(14)16/h2-9,14H,10-11H2,1H3/t14-/m0/s1. The van der Waals surface area contributed by atoms with E-state index >= 15 is 0 Å². The lowest BCUT2D eigenvalue weighted by Gasteiger charge is -2.25. The van der Waals surface area contributed by atoms with Crippen molar-refractivity contribution in [2.45, 2.75) is 18.8 Å². The Morgan fingerprint density at radius 3 is 2.53 bits per heavy atom. The minimum absolute atomic E-state index is 0.264. The maximum Gasteiger partial charge on any atom is 0.163 e. The van der Waals surface area contributed by atoms with Crippen LogP contribution >= 0.6 is 0 Å².